The summed E-state index contributed by atoms with van der Waals surface area (Å²) in [6, 6.07) is 0. The van der Waals surface area contributed by atoms with Gasteiger partial charge in [-0.2, -0.15) is 0 Å². The van der Waals surface area contributed by atoms with E-state index in [1.165, 1.54) is 57.8 Å². The molecule has 0 spiro atoms. The van der Waals surface area contributed by atoms with Crippen molar-refractivity contribution in [2.24, 2.45) is 17.8 Å². The summed E-state index contributed by atoms with van der Waals surface area (Å²) < 4.78 is 0. The van der Waals surface area contributed by atoms with Crippen molar-refractivity contribution >= 4 is 17.9 Å². The van der Waals surface area contributed by atoms with Gasteiger partial charge in [-0.3, -0.25) is 0 Å². The van der Waals surface area contributed by atoms with E-state index in [9.17, 15) is 29.7 Å². The Balaban J connectivity index is -0.000000240. The van der Waals surface area contributed by atoms with Crippen LogP contribution in [0.25, 0.3) is 0 Å². The zero-order valence-electron chi connectivity index (χ0n) is 27.0. The summed E-state index contributed by atoms with van der Waals surface area (Å²) in [5, 5.41) is 31.6. The molecule has 1 radical (unpaired) electrons. The minimum absolute atomic E-state index is 0. The van der Waals surface area contributed by atoms with Crippen molar-refractivity contribution < 1.29 is 70.5 Å². The Labute approximate surface area is 280 Å². The number of carbonyl (C=O) groups is 3. The normalized spacial score (nSPS) is 12.4. The van der Waals surface area contributed by atoms with Gasteiger partial charge < -0.3 is 29.7 Å². The topological polar surface area (TPSA) is 120 Å². The number of hydrogen-bond acceptors (Lipinski definition) is 6. The molecule has 0 aromatic carbocycles. The van der Waals surface area contributed by atoms with Crippen LogP contribution in [0.15, 0.2) is 0 Å². The van der Waals surface area contributed by atoms with Crippen molar-refractivity contribution in [3.05, 3.63) is 0 Å². The van der Waals surface area contributed by atoms with Crippen LogP contribution in [-0.2, 0) is 14.4 Å². The predicted molar refractivity (Wildman–Crippen MR) is 156 cm³/mol. The van der Waals surface area contributed by atoms with E-state index < -0.39 is 17.9 Å². The monoisotopic (exact) mass is 697 g/mol. The van der Waals surface area contributed by atoms with Crippen LogP contribution in [-0.4, -0.2) is 17.9 Å². The molecule has 0 aliphatic rings. The van der Waals surface area contributed by atoms with Crippen LogP contribution < -0.4 is 15.3 Å². The maximum absolute atomic E-state index is 10.5. The number of hydrogen-bond donors (Lipinski definition) is 0. The standard InChI is InChI=1S/3C11H22O2.Nd/c3*1-3-5-6-7-8-9-10(4-2)11(12)13;/h3*10H,3-9H2,1-2H3,(H,12,13);/q;;;+3/p-3. The van der Waals surface area contributed by atoms with E-state index >= 15 is 0 Å². The Morgan fingerprint density at radius 3 is 0.750 bits per heavy atom. The summed E-state index contributed by atoms with van der Waals surface area (Å²) in [7, 11) is 0. The second-order valence-corrected chi connectivity index (χ2v) is 10.9. The summed E-state index contributed by atoms with van der Waals surface area (Å²) in [6.45, 7) is 12.3. The van der Waals surface area contributed by atoms with Crippen molar-refractivity contribution in [2.75, 3.05) is 0 Å². The summed E-state index contributed by atoms with van der Waals surface area (Å²) in [6.07, 6.45) is 22.3. The van der Waals surface area contributed by atoms with Gasteiger partial charge in [-0.05, 0) is 56.3 Å². The molecular formula is C33H63NdO6. The number of carboxylic acids is 3. The van der Waals surface area contributed by atoms with E-state index in [-0.39, 0.29) is 58.6 Å². The third kappa shape index (κ3) is 34.0. The molecular weight excluding hydrogens is 637 g/mol. The number of rotatable bonds is 24. The third-order valence-corrected chi connectivity index (χ3v) is 7.45. The van der Waals surface area contributed by atoms with Crippen LogP contribution in [0.4, 0.5) is 0 Å². The zero-order valence-corrected chi connectivity index (χ0v) is 30.2. The van der Waals surface area contributed by atoms with E-state index in [1.807, 2.05) is 20.8 Å². The molecule has 3 atom stereocenters. The van der Waals surface area contributed by atoms with Crippen molar-refractivity contribution in [1.82, 2.24) is 0 Å². The van der Waals surface area contributed by atoms with Crippen LogP contribution in [0, 0.1) is 58.6 Å². The average Bonchev–Trinajstić information content (AvgIpc) is 2.90. The molecule has 0 aromatic heterocycles. The Morgan fingerprint density at radius 2 is 0.600 bits per heavy atom. The maximum atomic E-state index is 10.5. The average molecular weight is 700 g/mol. The Hall–Kier alpha value is -0.239. The molecule has 0 rings (SSSR count). The molecule has 0 aromatic rings. The van der Waals surface area contributed by atoms with E-state index in [0.717, 1.165) is 57.8 Å². The Morgan fingerprint density at radius 1 is 0.400 bits per heavy atom. The van der Waals surface area contributed by atoms with E-state index in [1.54, 1.807) is 0 Å². The molecule has 0 aliphatic heterocycles. The van der Waals surface area contributed by atoms with Crippen molar-refractivity contribution in [3.8, 4) is 0 Å². The minimum atomic E-state index is -0.877. The molecule has 7 heteroatoms. The molecule has 3 unspecified atom stereocenters. The molecule has 6 nitrogen and oxygen atoms in total. The van der Waals surface area contributed by atoms with Gasteiger partial charge in [-0.1, -0.05) is 138 Å². The molecule has 0 saturated heterocycles. The van der Waals surface area contributed by atoms with Crippen molar-refractivity contribution in [3.63, 3.8) is 0 Å². The summed E-state index contributed by atoms with van der Waals surface area (Å²) in [4.78, 5) is 31.6. The summed E-state index contributed by atoms with van der Waals surface area (Å²) in [5.74, 6) is -3.29. The van der Waals surface area contributed by atoms with Gasteiger partial charge in [0, 0.05) is 17.9 Å². The second kappa shape index (κ2) is 36.8. The largest absolute Gasteiger partial charge is 3.00 e. The number of aliphatic carboxylic acids is 3. The summed E-state index contributed by atoms with van der Waals surface area (Å²) >= 11 is 0. The first-order chi connectivity index (χ1) is 18.7. The molecule has 0 fully saturated rings. The number of carboxylic acid groups (broad SMARTS) is 3. The van der Waals surface area contributed by atoms with Gasteiger partial charge >= 0.3 is 40.8 Å². The van der Waals surface area contributed by atoms with E-state index in [4.69, 9.17) is 0 Å². The fourth-order valence-corrected chi connectivity index (χ4v) is 4.45. The molecule has 0 heterocycles. The maximum Gasteiger partial charge on any atom is 3.00 e. The van der Waals surface area contributed by atoms with Crippen LogP contribution >= 0.6 is 0 Å². The molecule has 0 aliphatic carbocycles. The van der Waals surface area contributed by atoms with Gasteiger partial charge in [0.05, 0.1) is 0 Å². The van der Waals surface area contributed by atoms with Crippen LogP contribution in [0.3, 0.4) is 0 Å². The predicted octanol–water partition coefficient (Wildman–Crippen LogP) is 6.37. The first-order valence-corrected chi connectivity index (χ1v) is 16.3. The first kappa shape index (κ1) is 46.7. The fourth-order valence-electron chi connectivity index (χ4n) is 4.45. The molecule has 0 saturated carbocycles. The van der Waals surface area contributed by atoms with Gasteiger partial charge in [0.2, 0.25) is 0 Å². The Bertz CT molecular complexity index is 479. The van der Waals surface area contributed by atoms with Gasteiger partial charge in [0.1, 0.15) is 0 Å². The van der Waals surface area contributed by atoms with Crippen molar-refractivity contribution in [1.29, 1.82) is 0 Å². The SMILES string of the molecule is CCCCCCCC(CC)C(=O)[O-].CCCCCCCC(CC)C(=O)[O-].CCCCCCCC(CC)C(=O)[O-].[Nd+3]. The molecule has 40 heavy (non-hydrogen) atoms. The second-order valence-electron chi connectivity index (χ2n) is 10.9. The van der Waals surface area contributed by atoms with E-state index in [0.29, 0.717) is 19.3 Å². The number of carbonyl (C=O) groups excluding carboxylic acids is 3. The van der Waals surface area contributed by atoms with Gasteiger partial charge in [-0.25, -0.2) is 0 Å². The number of unbranched alkanes of at least 4 members (excludes halogenated alkanes) is 12. The molecule has 0 bridgehead atoms. The first-order valence-electron chi connectivity index (χ1n) is 16.3. The van der Waals surface area contributed by atoms with Gasteiger partial charge in [0.25, 0.3) is 0 Å². The molecule has 0 amide bonds. The van der Waals surface area contributed by atoms with Crippen LogP contribution in [0.5, 0.6) is 0 Å². The van der Waals surface area contributed by atoms with Gasteiger partial charge in [0.15, 0.2) is 0 Å². The van der Waals surface area contributed by atoms with Gasteiger partial charge in [-0.15, -0.1) is 0 Å². The smallest absolute Gasteiger partial charge is 0.550 e. The zero-order chi connectivity index (χ0) is 30.3. The molecule has 235 valence electrons. The van der Waals surface area contributed by atoms with Crippen LogP contribution in [0.2, 0.25) is 0 Å². The van der Waals surface area contributed by atoms with E-state index in [2.05, 4.69) is 20.8 Å². The van der Waals surface area contributed by atoms with Crippen LogP contribution in [0.1, 0.15) is 176 Å². The quantitative estimate of drug-likeness (QED) is 0.108. The van der Waals surface area contributed by atoms with Crippen molar-refractivity contribution in [2.45, 2.75) is 176 Å². The minimum Gasteiger partial charge on any atom is -0.550 e. The Kier molecular flexibility index (Phi) is 43.0. The fraction of sp³-hybridized carbons (Fsp3) is 0.909. The summed E-state index contributed by atoms with van der Waals surface area (Å²) in [5.41, 5.74) is 0. The molecule has 0 N–H and O–H groups in total. The third-order valence-electron chi connectivity index (χ3n) is 7.45.